The highest BCUT2D eigenvalue weighted by Gasteiger charge is 2.33. The van der Waals surface area contributed by atoms with Crippen molar-refractivity contribution >= 4 is 67.8 Å². The highest BCUT2D eigenvalue weighted by atomic mass is 35.5. The minimum absolute atomic E-state index is 0.121. The van der Waals surface area contributed by atoms with Crippen LogP contribution in [0.1, 0.15) is 10.4 Å². The van der Waals surface area contributed by atoms with Crippen LogP contribution in [0.4, 0.5) is 28.8 Å². The molecule has 1 N–H and O–H groups in total. The molecule has 1 amide bonds. The summed E-state index contributed by atoms with van der Waals surface area (Å²) in [6, 6.07) is 12.7. The molecule has 12 heteroatoms. The molecular formula is C23H22Cl2N6O3S. The van der Waals surface area contributed by atoms with Gasteiger partial charge in [-0.2, -0.15) is 4.98 Å². The Labute approximate surface area is 213 Å². The summed E-state index contributed by atoms with van der Waals surface area (Å²) in [5.74, 6) is 0.748. The molecule has 1 fully saturated rings. The SMILES string of the molecule is CN1CN(c2c(Cl)cccc2Cl)C(=O)c2cnc(Nc3ccccc3N3CCS(=O)(=O)CC3)nc21. The zero-order valence-electron chi connectivity index (χ0n) is 18.8. The quantitative estimate of drug-likeness (QED) is 0.541. The van der Waals surface area contributed by atoms with Crippen molar-refractivity contribution in [2.75, 3.05) is 58.3 Å². The van der Waals surface area contributed by atoms with Crippen LogP contribution in [0.25, 0.3) is 0 Å². The second kappa shape index (κ2) is 9.18. The largest absolute Gasteiger partial charge is 0.368 e. The monoisotopic (exact) mass is 532 g/mol. The Bertz CT molecular complexity index is 1380. The fourth-order valence-corrected chi connectivity index (χ4v) is 6.01. The van der Waals surface area contributed by atoms with Gasteiger partial charge in [-0.1, -0.05) is 41.4 Å². The Morgan fingerprint density at radius 1 is 1.00 bits per heavy atom. The van der Waals surface area contributed by atoms with E-state index in [0.29, 0.717) is 46.2 Å². The van der Waals surface area contributed by atoms with Crippen molar-refractivity contribution in [2.24, 2.45) is 0 Å². The molecule has 3 heterocycles. The average molecular weight is 533 g/mol. The number of aromatic nitrogens is 2. The minimum Gasteiger partial charge on any atom is -0.368 e. The molecule has 0 bridgehead atoms. The fourth-order valence-electron chi connectivity index (χ4n) is 4.21. The van der Waals surface area contributed by atoms with E-state index < -0.39 is 9.84 Å². The van der Waals surface area contributed by atoms with Crippen LogP contribution in [0.15, 0.2) is 48.7 Å². The minimum atomic E-state index is -2.99. The van der Waals surface area contributed by atoms with Gasteiger partial charge in [0.2, 0.25) is 5.95 Å². The summed E-state index contributed by atoms with van der Waals surface area (Å²) in [4.78, 5) is 27.6. The lowest BCUT2D eigenvalue weighted by Gasteiger charge is -2.35. The predicted octanol–water partition coefficient (Wildman–Crippen LogP) is 3.82. The second-order valence-corrected chi connectivity index (χ2v) is 11.5. The Balaban J connectivity index is 1.42. The molecule has 0 unspecified atom stereocenters. The standard InChI is InChI=1S/C23H22Cl2N6O3S/c1-29-14-31(20-16(24)5-4-6-17(20)25)22(32)15-13-26-23(28-21(15)29)27-18-7-2-3-8-19(18)30-9-11-35(33,34)12-10-30/h2-8,13H,9-12,14H2,1H3,(H,26,27,28). The van der Waals surface area contributed by atoms with Crippen molar-refractivity contribution in [3.8, 4) is 0 Å². The third-order valence-electron chi connectivity index (χ3n) is 6.00. The number of carbonyl (C=O) groups is 1. The lowest BCUT2D eigenvalue weighted by molar-refractivity contribution is 0.0982. The highest BCUT2D eigenvalue weighted by molar-refractivity contribution is 7.91. The van der Waals surface area contributed by atoms with Crippen molar-refractivity contribution in [1.29, 1.82) is 0 Å². The van der Waals surface area contributed by atoms with E-state index in [4.69, 9.17) is 23.2 Å². The number of hydrogen-bond donors (Lipinski definition) is 1. The molecular weight excluding hydrogens is 511 g/mol. The van der Waals surface area contributed by atoms with E-state index in [2.05, 4.69) is 15.3 Å². The zero-order valence-corrected chi connectivity index (χ0v) is 21.1. The molecule has 5 rings (SSSR count). The number of amides is 1. The van der Waals surface area contributed by atoms with Gasteiger partial charge in [0.25, 0.3) is 5.91 Å². The van der Waals surface area contributed by atoms with Gasteiger partial charge < -0.3 is 15.1 Å². The van der Waals surface area contributed by atoms with Crippen LogP contribution in [-0.2, 0) is 9.84 Å². The first-order valence-electron chi connectivity index (χ1n) is 10.9. The van der Waals surface area contributed by atoms with Gasteiger partial charge in [0.15, 0.2) is 9.84 Å². The van der Waals surface area contributed by atoms with Gasteiger partial charge in [-0.25, -0.2) is 13.4 Å². The van der Waals surface area contributed by atoms with Gasteiger partial charge in [0.05, 0.1) is 45.3 Å². The molecule has 2 aromatic carbocycles. The van der Waals surface area contributed by atoms with Crippen LogP contribution < -0.4 is 20.0 Å². The highest BCUT2D eigenvalue weighted by Crippen LogP contribution is 2.38. The molecule has 0 spiro atoms. The van der Waals surface area contributed by atoms with Crippen LogP contribution in [0.5, 0.6) is 0 Å². The summed E-state index contributed by atoms with van der Waals surface area (Å²) >= 11 is 12.7. The van der Waals surface area contributed by atoms with E-state index in [1.54, 1.807) is 18.2 Å². The van der Waals surface area contributed by atoms with E-state index in [0.717, 1.165) is 11.4 Å². The van der Waals surface area contributed by atoms with Crippen molar-refractivity contribution in [2.45, 2.75) is 0 Å². The first-order valence-corrected chi connectivity index (χ1v) is 13.5. The number of hydrogen-bond acceptors (Lipinski definition) is 8. The van der Waals surface area contributed by atoms with Crippen molar-refractivity contribution in [1.82, 2.24) is 9.97 Å². The van der Waals surface area contributed by atoms with Crippen LogP contribution in [0.3, 0.4) is 0 Å². The van der Waals surface area contributed by atoms with Crippen molar-refractivity contribution < 1.29 is 13.2 Å². The van der Waals surface area contributed by atoms with Crippen LogP contribution >= 0.6 is 23.2 Å². The summed E-state index contributed by atoms with van der Waals surface area (Å²) in [6.45, 7) is 1.05. The maximum atomic E-state index is 13.3. The Hall–Kier alpha value is -3.08. The summed E-state index contributed by atoms with van der Waals surface area (Å²) in [6.07, 6.45) is 1.48. The van der Waals surface area contributed by atoms with Crippen LogP contribution in [0, 0.1) is 0 Å². The number of rotatable bonds is 4. The molecule has 0 aliphatic carbocycles. The number of para-hydroxylation sites is 3. The number of anilines is 5. The van der Waals surface area contributed by atoms with Crippen molar-refractivity contribution in [3.63, 3.8) is 0 Å². The third kappa shape index (κ3) is 4.61. The first-order chi connectivity index (χ1) is 16.7. The number of nitrogens with zero attached hydrogens (tertiary/aromatic N) is 5. The fraction of sp³-hybridized carbons (Fsp3) is 0.261. The van der Waals surface area contributed by atoms with Crippen molar-refractivity contribution in [3.05, 3.63) is 64.3 Å². The van der Waals surface area contributed by atoms with E-state index in [1.165, 1.54) is 11.1 Å². The maximum Gasteiger partial charge on any atom is 0.265 e. The topological polar surface area (TPSA) is 98.7 Å². The van der Waals surface area contributed by atoms with Gasteiger partial charge in [-0.15, -0.1) is 0 Å². The average Bonchev–Trinajstić information content (AvgIpc) is 2.82. The molecule has 2 aliphatic heterocycles. The Kier molecular flexibility index (Phi) is 6.20. The molecule has 35 heavy (non-hydrogen) atoms. The van der Waals surface area contributed by atoms with Crippen LogP contribution in [0.2, 0.25) is 10.0 Å². The lowest BCUT2D eigenvalue weighted by atomic mass is 10.2. The van der Waals surface area contributed by atoms with Gasteiger partial charge in [-0.05, 0) is 24.3 Å². The van der Waals surface area contributed by atoms with Gasteiger partial charge >= 0.3 is 0 Å². The van der Waals surface area contributed by atoms with Gasteiger partial charge in [0.1, 0.15) is 11.4 Å². The summed E-state index contributed by atoms with van der Waals surface area (Å²) in [7, 11) is -1.17. The number of benzene rings is 2. The lowest BCUT2D eigenvalue weighted by Crippen LogP contribution is -2.46. The third-order valence-corrected chi connectivity index (χ3v) is 8.22. The summed E-state index contributed by atoms with van der Waals surface area (Å²) in [5.41, 5.74) is 2.39. The predicted molar refractivity (Wildman–Crippen MR) is 139 cm³/mol. The summed E-state index contributed by atoms with van der Waals surface area (Å²) in [5, 5.41) is 3.99. The number of halogens is 2. The van der Waals surface area contributed by atoms with Gasteiger partial charge in [0, 0.05) is 26.3 Å². The molecule has 182 valence electrons. The zero-order chi connectivity index (χ0) is 24.7. The molecule has 9 nitrogen and oxygen atoms in total. The van der Waals surface area contributed by atoms with E-state index in [1.807, 2.05) is 41.1 Å². The Morgan fingerprint density at radius 3 is 2.40 bits per heavy atom. The normalized spacial score (nSPS) is 17.3. The molecule has 2 aliphatic rings. The second-order valence-electron chi connectivity index (χ2n) is 8.35. The molecule has 1 aromatic heterocycles. The molecule has 0 atom stereocenters. The van der Waals surface area contributed by atoms with E-state index in [-0.39, 0.29) is 24.1 Å². The Morgan fingerprint density at radius 2 is 1.69 bits per heavy atom. The number of nitrogens with one attached hydrogen (secondary N) is 1. The first kappa shape index (κ1) is 23.7. The van der Waals surface area contributed by atoms with E-state index in [9.17, 15) is 13.2 Å². The number of fused-ring (bicyclic) bond motifs is 1. The number of carbonyl (C=O) groups excluding carboxylic acids is 1. The maximum absolute atomic E-state index is 13.3. The number of sulfone groups is 1. The molecule has 1 saturated heterocycles. The van der Waals surface area contributed by atoms with E-state index >= 15 is 0 Å². The van der Waals surface area contributed by atoms with Crippen LogP contribution in [-0.4, -0.2) is 62.6 Å². The molecule has 0 radical (unpaired) electrons. The molecule has 3 aromatic rings. The molecule has 0 saturated carbocycles. The van der Waals surface area contributed by atoms with Gasteiger partial charge in [-0.3, -0.25) is 9.69 Å². The smallest absolute Gasteiger partial charge is 0.265 e. The summed E-state index contributed by atoms with van der Waals surface area (Å²) < 4.78 is 23.7.